The number of likely N-dealkylation sites (N-methyl/N-ethyl adjacent to an activating group) is 1. The Hall–Kier alpha value is -2.23. The number of carboxylic acids is 1. The number of carbonyl (C=O) groups excluding carboxylic acids is 2. The van der Waals surface area contributed by atoms with Crippen molar-refractivity contribution in [2.45, 2.75) is 167 Å². The second kappa shape index (κ2) is 32.9. The van der Waals surface area contributed by atoms with Crippen LogP contribution in [0.2, 0.25) is 0 Å². The molecule has 0 aliphatic heterocycles. The molecule has 0 radical (unpaired) electrons. The average Bonchev–Trinajstić information content (AvgIpc) is 3.05. The fourth-order valence-electron chi connectivity index (χ4n) is 5.11. The van der Waals surface area contributed by atoms with Gasteiger partial charge in [-0.15, -0.1) is 0 Å². The number of quaternary nitrogens is 1. The highest BCUT2D eigenvalue weighted by molar-refractivity contribution is 5.71. The third kappa shape index (κ3) is 34.0. The number of hydrogen-bond acceptors (Lipinski definition) is 7. The summed E-state index contributed by atoms with van der Waals surface area (Å²) in [5.41, 5.74) is 0. The number of aliphatic carboxylic acids is 1. The Morgan fingerprint density at radius 1 is 0.612 bits per heavy atom. The molecule has 0 bridgehead atoms. The van der Waals surface area contributed by atoms with Crippen molar-refractivity contribution >= 4 is 17.9 Å². The van der Waals surface area contributed by atoms with Crippen LogP contribution in [0.25, 0.3) is 0 Å². The zero-order valence-electron chi connectivity index (χ0n) is 32.1. The number of allylic oxidation sites excluding steroid dienone is 4. The molecule has 0 heterocycles. The lowest BCUT2D eigenvalue weighted by molar-refractivity contribution is -0.870. The van der Waals surface area contributed by atoms with Gasteiger partial charge in [0.15, 0.2) is 6.10 Å². The predicted octanol–water partition coefficient (Wildman–Crippen LogP) is 9.33. The van der Waals surface area contributed by atoms with Crippen LogP contribution in [0, 0.1) is 0 Å². The Labute approximate surface area is 299 Å². The van der Waals surface area contributed by atoms with Gasteiger partial charge in [-0.05, 0) is 38.5 Å². The molecule has 2 unspecified atom stereocenters. The van der Waals surface area contributed by atoms with Crippen LogP contribution in [0.5, 0.6) is 0 Å². The van der Waals surface area contributed by atoms with Gasteiger partial charge in [0.1, 0.15) is 13.2 Å². The molecule has 2 atom stereocenters. The van der Waals surface area contributed by atoms with E-state index >= 15 is 0 Å². The summed E-state index contributed by atoms with van der Waals surface area (Å²) >= 11 is 0. The van der Waals surface area contributed by atoms with Crippen molar-refractivity contribution in [3.05, 3.63) is 24.3 Å². The average molecular weight is 697 g/mol. The van der Waals surface area contributed by atoms with Gasteiger partial charge in [-0.2, -0.15) is 0 Å². The first kappa shape index (κ1) is 46.8. The summed E-state index contributed by atoms with van der Waals surface area (Å²) in [7, 11) is 5.94. The molecule has 0 saturated carbocycles. The third-order valence-electron chi connectivity index (χ3n) is 8.19. The van der Waals surface area contributed by atoms with Gasteiger partial charge in [-0.3, -0.25) is 9.59 Å². The Morgan fingerprint density at radius 2 is 1.14 bits per heavy atom. The molecule has 286 valence electrons. The SMILES string of the molecule is CCC/C=C\C/C=C\CCCCCCCC(=O)OC(COC(=O)CCCCCCCCCCCCC)COC(OCC[N+](C)(C)C)C(=O)O. The van der Waals surface area contributed by atoms with E-state index in [4.69, 9.17) is 18.9 Å². The standard InChI is InChI=1S/C40H73NO8/c1-6-8-10-12-14-16-18-19-21-23-25-27-29-31-38(43)49-36(35-48-40(39(44)45)46-33-32-41(3,4)5)34-47-37(42)30-28-26-24-22-20-17-15-13-11-9-7-2/h10,12,16,18,36,40H,6-9,11,13-15,17,19-35H2,1-5H3/p+1/b12-10-,18-16-. The molecule has 49 heavy (non-hydrogen) atoms. The van der Waals surface area contributed by atoms with Crippen LogP contribution in [0.4, 0.5) is 0 Å². The summed E-state index contributed by atoms with van der Waals surface area (Å²) in [5, 5.41) is 9.58. The molecule has 0 aliphatic rings. The fourth-order valence-corrected chi connectivity index (χ4v) is 5.11. The maximum Gasteiger partial charge on any atom is 0.361 e. The molecule has 0 aromatic rings. The van der Waals surface area contributed by atoms with Crippen molar-refractivity contribution in [2.24, 2.45) is 0 Å². The Balaban J connectivity index is 4.56. The molecule has 0 spiro atoms. The second-order valence-electron chi connectivity index (χ2n) is 14.2. The van der Waals surface area contributed by atoms with Gasteiger partial charge in [0.25, 0.3) is 6.29 Å². The van der Waals surface area contributed by atoms with Gasteiger partial charge in [0.05, 0.1) is 34.4 Å². The minimum Gasteiger partial charge on any atom is -0.477 e. The first-order valence-corrected chi connectivity index (χ1v) is 19.5. The monoisotopic (exact) mass is 697 g/mol. The van der Waals surface area contributed by atoms with Crippen molar-refractivity contribution < 1.29 is 42.9 Å². The molecular formula is C40H74NO8+. The zero-order chi connectivity index (χ0) is 36.4. The Kier molecular flexibility index (Phi) is 31.4. The molecule has 9 nitrogen and oxygen atoms in total. The lowest BCUT2D eigenvalue weighted by atomic mass is 10.1. The van der Waals surface area contributed by atoms with E-state index in [-0.39, 0.29) is 32.2 Å². The molecule has 0 aromatic carbocycles. The summed E-state index contributed by atoms with van der Waals surface area (Å²) in [6, 6.07) is 0. The lowest BCUT2D eigenvalue weighted by Crippen LogP contribution is -2.40. The molecular weight excluding hydrogens is 622 g/mol. The highest BCUT2D eigenvalue weighted by atomic mass is 16.7. The normalized spacial score (nSPS) is 13.2. The molecule has 0 rings (SSSR count). The van der Waals surface area contributed by atoms with E-state index < -0.39 is 24.3 Å². The van der Waals surface area contributed by atoms with Crippen LogP contribution in [0.1, 0.15) is 155 Å². The van der Waals surface area contributed by atoms with Crippen LogP contribution in [-0.2, 0) is 33.3 Å². The summed E-state index contributed by atoms with van der Waals surface area (Å²) < 4.78 is 22.6. The summed E-state index contributed by atoms with van der Waals surface area (Å²) in [6.07, 6.45) is 29.5. The van der Waals surface area contributed by atoms with E-state index in [1.165, 1.54) is 57.8 Å². The van der Waals surface area contributed by atoms with Crippen molar-refractivity contribution in [1.29, 1.82) is 0 Å². The van der Waals surface area contributed by atoms with Gasteiger partial charge >= 0.3 is 17.9 Å². The van der Waals surface area contributed by atoms with Crippen LogP contribution in [0.3, 0.4) is 0 Å². The second-order valence-corrected chi connectivity index (χ2v) is 14.2. The number of rotatable bonds is 35. The summed E-state index contributed by atoms with van der Waals surface area (Å²) in [6.45, 7) is 4.76. The summed E-state index contributed by atoms with van der Waals surface area (Å²) in [5.74, 6) is -2.03. The Morgan fingerprint density at radius 3 is 1.69 bits per heavy atom. The van der Waals surface area contributed by atoms with Crippen LogP contribution in [0.15, 0.2) is 24.3 Å². The largest absolute Gasteiger partial charge is 0.477 e. The first-order chi connectivity index (χ1) is 23.6. The molecule has 0 saturated heterocycles. The fraction of sp³-hybridized carbons (Fsp3) is 0.825. The van der Waals surface area contributed by atoms with E-state index in [1.807, 2.05) is 21.1 Å². The van der Waals surface area contributed by atoms with Crippen molar-refractivity contribution in [2.75, 3.05) is 47.5 Å². The number of ether oxygens (including phenoxy) is 4. The van der Waals surface area contributed by atoms with Crippen molar-refractivity contribution in [1.82, 2.24) is 0 Å². The number of carboxylic acid groups (broad SMARTS) is 1. The molecule has 1 N–H and O–H groups in total. The number of nitrogens with zero attached hydrogens (tertiary/aromatic N) is 1. The zero-order valence-corrected chi connectivity index (χ0v) is 32.1. The van der Waals surface area contributed by atoms with Crippen molar-refractivity contribution in [3.63, 3.8) is 0 Å². The quantitative estimate of drug-likeness (QED) is 0.0230. The number of carbonyl (C=O) groups is 3. The highest BCUT2D eigenvalue weighted by Crippen LogP contribution is 2.13. The van der Waals surface area contributed by atoms with Crippen LogP contribution in [-0.4, -0.2) is 87.4 Å². The van der Waals surface area contributed by atoms with Crippen LogP contribution >= 0.6 is 0 Å². The van der Waals surface area contributed by atoms with E-state index in [0.29, 0.717) is 23.9 Å². The summed E-state index contributed by atoms with van der Waals surface area (Å²) in [4.78, 5) is 36.8. The van der Waals surface area contributed by atoms with Gasteiger partial charge in [-0.1, -0.05) is 128 Å². The molecule has 0 fully saturated rings. The predicted molar refractivity (Wildman–Crippen MR) is 198 cm³/mol. The van der Waals surface area contributed by atoms with Crippen LogP contribution < -0.4 is 0 Å². The van der Waals surface area contributed by atoms with E-state index in [2.05, 4.69) is 38.2 Å². The highest BCUT2D eigenvalue weighted by Gasteiger charge is 2.25. The maximum absolute atomic E-state index is 12.7. The molecule has 0 aliphatic carbocycles. The van der Waals surface area contributed by atoms with Gasteiger partial charge in [-0.25, -0.2) is 4.79 Å². The maximum atomic E-state index is 12.7. The van der Waals surface area contributed by atoms with Crippen molar-refractivity contribution in [3.8, 4) is 0 Å². The number of esters is 2. The topological polar surface area (TPSA) is 108 Å². The van der Waals surface area contributed by atoms with E-state index in [9.17, 15) is 19.5 Å². The first-order valence-electron chi connectivity index (χ1n) is 19.5. The van der Waals surface area contributed by atoms with E-state index in [0.717, 1.165) is 64.2 Å². The van der Waals surface area contributed by atoms with Gasteiger partial charge < -0.3 is 28.5 Å². The molecule has 9 heteroatoms. The smallest absolute Gasteiger partial charge is 0.361 e. The number of hydrogen-bond donors (Lipinski definition) is 1. The lowest BCUT2D eigenvalue weighted by Gasteiger charge is -2.25. The minimum absolute atomic E-state index is 0.185. The van der Waals surface area contributed by atoms with Gasteiger partial charge in [0, 0.05) is 12.8 Å². The Bertz CT molecular complexity index is 867. The molecule has 0 amide bonds. The molecule has 0 aromatic heterocycles. The van der Waals surface area contributed by atoms with Gasteiger partial charge in [0.2, 0.25) is 0 Å². The van der Waals surface area contributed by atoms with E-state index in [1.54, 1.807) is 0 Å². The number of unbranched alkanes of at least 4 members (excludes halogenated alkanes) is 16. The third-order valence-corrected chi connectivity index (χ3v) is 8.19. The minimum atomic E-state index is -1.51.